The molecule has 0 aliphatic carbocycles. The Morgan fingerprint density at radius 2 is 2.15 bits per heavy atom. The van der Waals surface area contributed by atoms with Crippen molar-refractivity contribution in [1.82, 2.24) is 4.90 Å². The molecule has 1 unspecified atom stereocenters. The van der Waals surface area contributed by atoms with Crippen LogP contribution in [0.15, 0.2) is 24.3 Å². The van der Waals surface area contributed by atoms with Gasteiger partial charge in [0.15, 0.2) is 0 Å². The second-order valence-corrected chi connectivity index (χ2v) is 4.87. The molecule has 0 saturated carbocycles. The van der Waals surface area contributed by atoms with Gasteiger partial charge in [0.05, 0.1) is 19.8 Å². The first-order valence-corrected chi connectivity index (χ1v) is 6.80. The summed E-state index contributed by atoms with van der Waals surface area (Å²) in [5.74, 6) is 0. The highest BCUT2D eigenvalue weighted by Crippen LogP contribution is 2.22. The molecule has 0 N–H and O–H groups in total. The molecule has 0 aromatic heterocycles. The van der Waals surface area contributed by atoms with Crippen LogP contribution < -0.4 is 0 Å². The average Bonchev–Trinajstić information content (AvgIpc) is 2.48. The van der Waals surface area contributed by atoms with Crippen LogP contribution in [0.2, 0.25) is 0 Å². The molecule has 1 atom stereocenters. The first kappa shape index (κ1) is 14.8. The highest BCUT2D eigenvalue weighted by Gasteiger charge is 2.21. The number of hydrogen-bond acceptors (Lipinski definition) is 5. The lowest BCUT2D eigenvalue weighted by atomic mass is 10.1. The number of ether oxygens (including phenoxy) is 3. The molecule has 0 radical (unpaired) electrons. The van der Waals surface area contributed by atoms with Gasteiger partial charge in [0, 0.05) is 19.6 Å². The zero-order valence-electron chi connectivity index (χ0n) is 12.0. The van der Waals surface area contributed by atoms with Crippen molar-refractivity contribution in [2.75, 3.05) is 40.0 Å². The minimum atomic E-state index is -0.631. The molecule has 1 aromatic carbocycles. The monoisotopic (exact) mass is 279 g/mol. The van der Waals surface area contributed by atoms with Crippen molar-refractivity contribution in [3.8, 4) is 0 Å². The van der Waals surface area contributed by atoms with Gasteiger partial charge in [-0.05, 0) is 12.5 Å². The molecular weight excluding hydrogens is 258 g/mol. The normalized spacial score (nSPS) is 19.6. The van der Waals surface area contributed by atoms with Crippen LogP contribution in [0, 0.1) is 6.92 Å². The van der Waals surface area contributed by atoms with Crippen molar-refractivity contribution in [2.24, 2.45) is 0 Å². The summed E-state index contributed by atoms with van der Waals surface area (Å²) in [5.41, 5.74) is 2.43. The van der Waals surface area contributed by atoms with Crippen molar-refractivity contribution in [3.63, 3.8) is 0 Å². The van der Waals surface area contributed by atoms with E-state index in [2.05, 4.69) is 40.8 Å². The van der Waals surface area contributed by atoms with Gasteiger partial charge in [-0.15, -0.1) is 0 Å². The highest BCUT2D eigenvalue weighted by molar-refractivity contribution is 5.59. The Morgan fingerprint density at radius 3 is 2.85 bits per heavy atom. The largest absolute Gasteiger partial charge is 0.508 e. The fourth-order valence-corrected chi connectivity index (χ4v) is 2.21. The highest BCUT2D eigenvalue weighted by atomic mass is 16.7. The van der Waals surface area contributed by atoms with Gasteiger partial charge in [-0.25, -0.2) is 4.79 Å². The van der Waals surface area contributed by atoms with Crippen molar-refractivity contribution in [2.45, 2.75) is 13.0 Å². The summed E-state index contributed by atoms with van der Waals surface area (Å²) < 4.78 is 15.2. The number of carbonyl (C=O) groups excluding carboxylic acids is 1. The quantitative estimate of drug-likeness (QED) is 0.790. The lowest BCUT2D eigenvalue weighted by Crippen LogP contribution is -2.40. The smallest absolute Gasteiger partial charge is 0.438 e. The number of nitrogens with zero attached hydrogens (tertiary/aromatic N) is 1. The van der Waals surface area contributed by atoms with Crippen LogP contribution in [0.1, 0.15) is 17.2 Å². The van der Waals surface area contributed by atoms with Crippen LogP contribution in [0.4, 0.5) is 4.79 Å². The fraction of sp³-hybridized carbons (Fsp3) is 0.533. The Kier molecular flexibility index (Phi) is 5.38. The molecule has 1 fully saturated rings. The molecule has 2 rings (SSSR count). The standard InChI is InChI=1S/C15H21NO4/c1-12-3-5-13(6-4-12)14-11-16(7-9-19-14)8-10-20-15(17)18-2/h3-6,14H,7-11H2,1-2H3. The Balaban J connectivity index is 1.82. The van der Waals surface area contributed by atoms with Crippen LogP contribution >= 0.6 is 0 Å². The van der Waals surface area contributed by atoms with Gasteiger partial charge in [0.25, 0.3) is 0 Å². The molecule has 1 aromatic rings. The Bertz CT molecular complexity index is 432. The average molecular weight is 279 g/mol. The number of hydrogen-bond donors (Lipinski definition) is 0. The number of aryl methyl sites for hydroxylation is 1. The van der Waals surface area contributed by atoms with Gasteiger partial charge >= 0.3 is 6.16 Å². The molecule has 1 heterocycles. The Hall–Kier alpha value is -1.59. The Labute approximate surface area is 119 Å². The van der Waals surface area contributed by atoms with Crippen molar-refractivity contribution in [1.29, 1.82) is 0 Å². The summed E-state index contributed by atoms with van der Waals surface area (Å²) in [6.07, 6.45) is -0.546. The van der Waals surface area contributed by atoms with E-state index in [9.17, 15) is 4.79 Å². The number of rotatable bonds is 4. The minimum absolute atomic E-state index is 0.0856. The predicted molar refractivity (Wildman–Crippen MR) is 74.7 cm³/mol. The molecule has 0 amide bonds. The molecule has 5 heteroatoms. The van der Waals surface area contributed by atoms with Crippen LogP contribution in [-0.2, 0) is 14.2 Å². The molecule has 110 valence electrons. The topological polar surface area (TPSA) is 48.0 Å². The number of methoxy groups -OCH3 is 1. The van der Waals surface area contributed by atoms with Crippen LogP contribution in [0.5, 0.6) is 0 Å². The lowest BCUT2D eigenvalue weighted by Gasteiger charge is -2.32. The van der Waals surface area contributed by atoms with Gasteiger partial charge in [0.2, 0.25) is 0 Å². The van der Waals surface area contributed by atoms with E-state index in [4.69, 9.17) is 9.47 Å². The summed E-state index contributed by atoms with van der Waals surface area (Å²) in [7, 11) is 1.31. The number of morpholine rings is 1. The van der Waals surface area contributed by atoms with Gasteiger partial charge in [-0.3, -0.25) is 4.90 Å². The molecule has 0 spiro atoms. The van der Waals surface area contributed by atoms with Crippen LogP contribution in [-0.4, -0.2) is 51.0 Å². The summed E-state index contributed by atoms with van der Waals surface area (Å²) in [6, 6.07) is 8.40. The lowest BCUT2D eigenvalue weighted by molar-refractivity contribution is -0.0363. The van der Waals surface area contributed by atoms with Crippen LogP contribution in [0.3, 0.4) is 0 Å². The van der Waals surface area contributed by atoms with E-state index in [0.29, 0.717) is 19.8 Å². The summed E-state index contributed by atoms with van der Waals surface area (Å²) in [4.78, 5) is 13.1. The summed E-state index contributed by atoms with van der Waals surface area (Å²) in [5, 5.41) is 0. The zero-order valence-corrected chi connectivity index (χ0v) is 12.0. The van der Waals surface area contributed by atoms with E-state index in [1.165, 1.54) is 18.2 Å². The maximum atomic E-state index is 10.9. The third-order valence-corrected chi connectivity index (χ3v) is 3.39. The molecule has 0 bridgehead atoms. The molecule has 1 aliphatic heterocycles. The van der Waals surface area contributed by atoms with Crippen molar-refractivity contribution < 1.29 is 19.0 Å². The fourth-order valence-electron chi connectivity index (χ4n) is 2.21. The van der Waals surface area contributed by atoms with Gasteiger partial charge < -0.3 is 14.2 Å². The first-order chi connectivity index (χ1) is 9.69. The summed E-state index contributed by atoms with van der Waals surface area (Å²) >= 11 is 0. The zero-order chi connectivity index (χ0) is 14.4. The van der Waals surface area contributed by atoms with E-state index in [1.807, 2.05) is 0 Å². The maximum absolute atomic E-state index is 10.9. The third kappa shape index (κ3) is 4.21. The van der Waals surface area contributed by atoms with E-state index >= 15 is 0 Å². The van der Waals surface area contributed by atoms with Crippen molar-refractivity contribution in [3.05, 3.63) is 35.4 Å². The first-order valence-electron chi connectivity index (χ1n) is 6.80. The van der Waals surface area contributed by atoms with Gasteiger partial charge in [-0.2, -0.15) is 0 Å². The SMILES string of the molecule is COC(=O)OCCN1CCOC(c2ccc(C)cc2)C1. The third-order valence-electron chi connectivity index (χ3n) is 3.39. The predicted octanol–water partition coefficient (Wildman–Crippen LogP) is 2.15. The maximum Gasteiger partial charge on any atom is 0.508 e. The van der Waals surface area contributed by atoms with Crippen LogP contribution in [0.25, 0.3) is 0 Å². The van der Waals surface area contributed by atoms with E-state index in [0.717, 1.165) is 13.1 Å². The molecule has 1 aliphatic rings. The second kappa shape index (κ2) is 7.26. The van der Waals surface area contributed by atoms with Gasteiger partial charge in [0.1, 0.15) is 6.61 Å². The number of benzene rings is 1. The van der Waals surface area contributed by atoms with E-state index in [1.54, 1.807) is 0 Å². The minimum Gasteiger partial charge on any atom is -0.438 e. The van der Waals surface area contributed by atoms with Gasteiger partial charge in [-0.1, -0.05) is 29.8 Å². The second-order valence-electron chi connectivity index (χ2n) is 4.87. The summed E-state index contributed by atoms with van der Waals surface area (Å²) in [6.45, 7) is 5.47. The van der Waals surface area contributed by atoms with Crippen molar-refractivity contribution >= 4 is 6.16 Å². The van der Waals surface area contributed by atoms with E-state index < -0.39 is 6.16 Å². The number of carbonyl (C=O) groups is 1. The molecule has 1 saturated heterocycles. The van der Waals surface area contributed by atoms with E-state index in [-0.39, 0.29) is 6.10 Å². The molecule has 20 heavy (non-hydrogen) atoms. The molecular formula is C15H21NO4. The Morgan fingerprint density at radius 1 is 1.40 bits per heavy atom. The molecule has 5 nitrogen and oxygen atoms in total.